The van der Waals surface area contributed by atoms with E-state index in [4.69, 9.17) is 0 Å². The van der Waals surface area contributed by atoms with Crippen molar-refractivity contribution in [2.75, 3.05) is 0 Å². The summed E-state index contributed by atoms with van der Waals surface area (Å²) in [6, 6.07) is 86.6. The van der Waals surface area contributed by atoms with Crippen LogP contribution in [0.25, 0.3) is 168 Å². The molecule has 18 aromatic rings. The molecule has 6 aromatic heterocycles. The zero-order valence-corrected chi connectivity index (χ0v) is 69.1. The zero-order valence-electron chi connectivity index (χ0n) is 69.1. The number of hydrogen-bond acceptors (Lipinski definition) is 2. The Labute approximate surface area is 718 Å². The van der Waals surface area contributed by atoms with Gasteiger partial charge in [-0.15, -0.1) is 0 Å². The van der Waals surface area contributed by atoms with Crippen LogP contribution in [0.3, 0.4) is 0 Å². The van der Waals surface area contributed by atoms with Gasteiger partial charge in [0.05, 0.1) is 78.3 Å². The molecule has 6 heterocycles. The monoisotopic (exact) mass is 1590 g/mol. The molecule has 0 fully saturated rings. The van der Waals surface area contributed by atoms with Crippen LogP contribution in [0.2, 0.25) is 0 Å². The molecule has 0 radical (unpaired) electrons. The predicted molar refractivity (Wildman–Crippen MR) is 522 cm³/mol. The van der Waals surface area contributed by atoms with Crippen LogP contribution >= 0.6 is 0 Å². The van der Waals surface area contributed by atoms with Crippen LogP contribution in [0.4, 0.5) is 0 Å². The summed E-state index contributed by atoms with van der Waals surface area (Å²) in [5.41, 5.74) is 40.0. The molecule has 122 heavy (non-hydrogen) atoms. The Balaban J connectivity index is 0.000000171. The highest BCUT2D eigenvalue weighted by atomic mass is 15.1. The molecule has 8 nitrogen and oxygen atoms in total. The number of hydrogen-bond donors (Lipinski definition) is 0. The second-order valence-corrected chi connectivity index (χ2v) is 34.8. The Morgan fingerprint density at radius 1 is 0.262 bits per heavy atom. The van der Waals surface area contributed by atoms with Crippen molar-refractivity contribution >= 4 is 112 Å². The summed E-state index contributed by atoms with van der Waals surface area (Å²) < 4.78 is 14.6. The van der Waals surface area contributed by atoms with E-state index >= 15 is 0 Å². The van der Waals surface area contributed by atoms with Crippen molar-refractivity contribution in [3.05, 3.63) is 343 Å². The predicted octanol–water partition coefficient (Wildman–Crippen LogP) is 30.3. The van der Waals surface area contributed by atoms with E-state index in [2.05, 4.69) is 390 Å². The van der Waals surface area contributed by atoms with Crippen molar-refractivity contribution in [1.82, 2.24) is 27.4 Å². The van der Waals surface area contributed by atoms with Crippen molar-refractivity contribution in [3.63, 3.8) is 0 Å². The molecule has 4 atom stereocenters. The van der Waals surface area contributed by atoms with Gasteiger partial charge in [-0.25, -0.2) is 0 Å². The molecule has 604 valence electrons. The Morgan fingerprint density at radius 2 is 0.525 bits per heavy atom. The summed E-state index contributed by atoms with van der Waals surface area (Å²) in [5, 5.41) is 33.5. The van der Waals surface area contributed by atoms with Crippen LogP contribution < -0.4 is 0 Å². The first-order valence-electron chi connectivity index (χ1n) is 42.0. The normalized spacial score (nSPS) is 15.5. The van der Waals surface area contributed by atoms with Crippen molar-refractivity contribution < 1.29 is 0 Å². The second-order valence-electron chi connectivity index (χ2n) is 34.8. The molecule has 0 bridgehead atoms. The van der Waals surface area contributed by atoms with E-state index in [0.29, 0.717) is 34.8 Å². The summed E-state index contributed by atoms with van der Waals surface area (Å²) in [7, 11) is 0. The van der Waals surface area contributed by atoms with Gasteiger partial charge in [0.15, 0.2) is 0 Å². The Bertz CT molecular complexity index is 7390. The number of fused-ring (bicyclic) bond motifs is 18. The Hall–Kier alpha value is -13.7. The summed E-state index contributed by atoms with van der Waals surface area (Å²) in [6.45, 7) is 26.6. The van der Waals surface area contributed by atoms with E-state index in [1.807, 2.05) is 0 Å². The first-order valence-corrected chi connectivity index (χ1v) is 42.0. The molecule has 4 aliphatic carbocycles. The standard InChI is InChI=1S/C61H48N4.C49H44N4.4CH4/c1-36-17-23-51-44(29-36)45-30-37(2)18-24-52(45)63(51)59-50(35-62)60(64-53-25-19-38(3)31-46(53)47-32-39(4)20-26-54(47)64)58(43-15-11-8-12-16-43)61(57(59)42-13-9-7-10-14-42)65-55-27-21-40(5)33-48(55)49-34-41(6)22-28-56(49)65;1-28-7-13-42-35(19-28)36-20-29(2)8-14-43(36)51(42)34-25-48(52-44-15-9-30(3)21-37(44)38-22-31(4)10-16-45(38)52)41(27-50)49(26-34)53-46-17-11-32(5)23-39(46)40-24-33(6)12-18-47(40)53;;;;/h7-31,33-34,39H,32H2,1-6H3;7-21,25-26,31-33H,22-24H2,1-6H3;4*1H4. The van der Waals surface area contributed by atoms with Crippen molar-refractivity contribution in [3.8, 4) is 68.5 Å². The lowest BCUT2D eigenvalue weighted by Gasteiger charge is -2.29. The van der Waals surface area contributed by atoms with Gasteiger partial charge in [-0.1, -0.05) is 235 Å². The number of nitrogens with zero attached hydrogens (tertiary/aromatic N) is 8. The molecule has 0 spiro atoms. The van der Waals surface area contributed by atoms with Crippen LogP contribution in [-0.4, -0.2) is 27.4 Å². The SMILES string of the molecule is C.C.C.C.Cc1ccc2c(c1)c1c(n2-c2c(C#N)c(-n3c4ccc(C)cc4c4cc(C)ccc43)c(-c3ccccc3)c(-n3c4ccc(C)cc4c4cc(C)ccc43)c2-c2ccccc2)C=CC(C)C1.Cc1ccc2c(c1)c1c(n2-c2cc(-n3c4ccc(C)cc4c4cc(C)ccc43)cc(-n3c4c(c5c3C=CC(C)C5)CC(C)C=C4)c2C#N)C=CC(C)C1. The van der Waals surface area contributed by atoms with Gasteiger partial charge in [0.25, 0.3) is 0 Å². The van der Waals surface area contributed by atoms with E-state index in [1.165, 1.54) is 138 Å². The molecular weight excluding hydrogens is 1480 g/mol. The first kappa shape index (κ1) is 80.7. The molecule has 12 aromatic carbocycles. The molecule has 8 heteroatoms. The van der Waals surface area contributed by atoms with Crippen LogP contribution in [0.1, 0.15) is 158 Å². The van der Waals surface area contributed by atoms with Gasteiger partial charge >= 0.3 is 0 Å². The highest BCUT2D eigenvalue weighted by Crippen LogP contribution is 2.54. The largest absolute Gasteiger partial charge is 0.309 e. The molecule has 22 rings (SSSR count). The highest BCUT2D eigenvalue weighted by Gasteiger charge is 2.37. The maximum absolute atomic E-state index is 12.4. The van der Waals surface area contributed by atoms with Crippen LogP contribution in [0.5, 0.6) is 0 Å². The number of nitriles is 2. The summed E-state index contributed by atoms with van der Waals surface area (Å²) >= 11 is 0. The number of aryl methyl sites for hydroxylation is 8. The van der Waals surface area contributed by atoms with Gasteiger partial charge in [-0.3, -0.25) is 0 Å². The van der Waals surface area contributed by atoms with Gasteiger partial charge in [0.1, 0.15) is 23.3 Å². The molecule has 4 unspecified atom stereocenters. The van der Waals surface area contributed by atoms with Crippen LogP contribution in [-0.2, 0) is 25.7 Å². The summed E-state index contributed by atoms with van der Waals surface area (Å²) in [6.07, 6.45) is 22.5. The molecule has 0 amide bonds. The van der Waals surface area contributed by atoms with Gasteiger partial charge < -0.3 is 27.4 Å². The fourth-order valence-electron chi connectivity index (χ4n) is 20.6. The third-order valence-corrected chi connectivity index (χ3v) is 25.9. The topological polar surface area (TPSA) is 77.2 Å². The molecular formula is C114H108N8. The van der Waals surface area contributed by atoms with Crippen molar-refractivity contribution in [2.45, 2.75) is 138 Å². The molecule has 4 aliphatic rings. The maximum Gasteiger partial charge on any atom is 0.104 e. The summed E-state index contributed by atoms with van der Waals surface area (Å²) in [5.74, 6) is 1.78. The van der Waals surface area contributed by atoms with Crippen molar-refractivity contribution in [2.24, 2.45) is 23.7 Å². The maximum atomic E-state index is 12.4. The minimum Gasteiger partial charge on any atom is -0.309 e. The van der Waals surface area contributed by atoms with Crippen molar-refractivity contribution in [1.29, 1.82) is 10.5 Å². The number of aromatic nitrogens is 6. The van der Waals surface area contributed by atoms with Crippen LogP contribution in [0, 0.1) is 102 Å². The lowest BCUT2D eigenvalue weighted by molar-refractivity contribution is 0.681. The van der Waals surface area contributed by atoms with E-state index in [9.17, 15) is 10.5 Å². The number of benzene rings is 12. The molecule has 0 N–H and O–H groups in total. The zero-order chi connectivity index (χ0) is 80.5. The van der Waals surface area contributed by atoms with Gasteiger partial charge in [0, 0.05) is 77.0 Å². The van der Waals surface area contributed by atoms with Gasteiger partial charge in [-0.05, 0) is 272 Å². The smallest absolute Gasteiger partial charge is 0.104 e. The van der Waals surface area contributed by atoms with Crippen LogP contribution in [0.15, 0.2) is 243 Å². The Kier molecular flexibility index (Phi) is 20.4. The second kappa shape index (κ2) is 30.9. The van der Waals surface area contributed by atoms with Gasteiger partial charge in [-0.2, -0.15) is 10.5 Å². The average molecular weight is 1590 g/mol. The minimum atomic E-state index is 0. The molecule has 0 aliphatic heterocycles. The number of allylic oxidation sites excluding steroid dienone is 4. The Morgan fingerprint density at radius 3 is 0.861 bits per heavy atom. The van der Waals surface area contributed by atoms with E-state index < -0.39 is 0 Å². The summed E-state index contributed by atoms with van der Waals surface area (Å²) in [4.78, 5) is 0. The van der Waals surface area contributed by atoms with E-state index in [0.717, 1.165) is 121 Å². The fraction of sp³-hybridized carbons (Fsp3) is 0.211. The van der Waals surface area contributed by atoms with E-state index in [-0.39, 0.29) is 29.7 Å². The highest BCUT2D eigenvalue weighted by molar-refractivity contribution is 6.16. The quantitative estimate of drug-likeness (QED) is 0.152. The number of rotatable bonds is 8. The average Bonchev–Trinajstić information content (AvgIpc) is 1.46. The lowest BCUT2D eigenvalue weighted by Crippen LogP contribution is -2.14. The third kappa shape index (κ3) is 12.6. The van der Waals surface area contributed by atoms with Gasteiger partial charge in [0.2, 0.25) is 0 Å². The van der Waals surface area contributed by atoms with E-state index in [1.54, 1.807) is 0 Å². The molecule has 0 saturated carbocycles. The fourth-order valence-corrected chi connectivity index (χ4v) is 20.6. The molecule has 0 saturated heterocycles. The minimum absolute atomic E-state index is 0. The third-order valence-electron chi connectivity index (χ3n) is 25.9. The lowest BCUT2D eigenvalue weighted by atomic mass is 9.87. The first-order chi connectivity index (χ1) is 57.4.